The van der Waals surface area contributed by atoms with Crippen LogP contribution < -0.4 is 11.1 Å². The number of nitrogens with two attached hydrogens (primary N) is 1. The van der Waals surface area contributed by atoms with Crippen molar-refractivity contribution >= 4 is 5.91 Å². The SMILES string of the molecule is C=C1C2CC3(C(=O)NC4CCC(CN)CC4)CC1CC(c1ccccc1)(C2)C3. The Morgan fingerprint density at radius 3 is 2.29 bits per heavy atom. The molecule has 5 saturated carbocycles. The smallest absolute Gasteiger partial charge is 0.226 e. The van der Waals surface area contributed by atoms with Crippen molar-refractivity contribution in [2.45, 2.75) is 69.2 Å². The van der Waals surface area contributed by atoms with E-state index in [2.05, 4.69) is 42.2 Å². The molecule has 6 rings (SSSR count). The minimum Gasteiger partial charge on any atom is -0.353 e. The average Bonchev–Trinajstić information content (AvgIpc) is 2.72. The molecule has 1 aromatic carbocycles. The Morgan fingerprint density at radius 1 is 1.04 bits per heavy atom. The van der Waals surface area contributed by atoms with Gasteiger partial charge in [-0.2, -0.15) is 0 Å². The lowest BCUT2D eigenvalue weighted by molar-refractivity contribution is -0.145. The summed E-state index contributed by atoms with van der Waals surface area (Å²) >= 11 is 0. The lowest BCUT2D eigenvalue weighted by Crippen LogP contribution is -2.60. The topological polar surface area (TPSA) is 55.1 Å². The summed E-state index contributed by atoms with van der Waals surface area (Å²) in [7, 11) is 0. The van der Waals surface area contributed by atoms with Gasteiger partial charge in [0, 0.05) is 6.04 Å². The highest BCUT2D eigenvalue weighted by Gasteiger charge is 2.62. The van der Waals surface area contributed by atoms with Crippen LogP contribution in [0.5, 0.6) is 0 Å². The van der Waals surface area contributed by atoms with Crippen molar-refractivity contribution < 1.29 is 4.79 Å². The van der Waals surface area contributed by atoms with Gasteiger partial charge < -0.3 is 11.1 Å². The first-order valence-electron chi connectivity index (χ1n) is 11.3. The average molecular weight is 379 g/mol. The molecule has 2 unspecified atom stereocenters. The summed E-state index contributed by atoms with van der Waals surface area (Å²) in [5, 5.41) is 3.49. The summed E-state index contributed by atoms with van der Waals surface area (Å²) in [5.74, 6) is 2.02. The zero-order valence-corrected chi connectivity index (χ0v) is 17.0. The van der Waals surface area contributed by atoms with Crippen molar-refractivity contribution in [2.24, 2.45) is 28.9 Å². The van der Waals surface area contributed by atoms with Crippen LogP contribution in [0.25, 0.3) is 0 Å². The van der Waals surface area contributed by atoms with Crippen LogP contribution >= 0.6 is 0 Å². The van der Waals surface area contributed by atoms with Crippen LogP contribution in [0.2, 0.25) is 0 Å². The summed E-state index contributed by atoms with van der Waals surface area (Å²) in [6, 6.07) is 11.3. The van der Waals surface area contributed by atoms with Crippen LogP contribution in [-0.2, 0) is 10.2 Å². The second-order valence-corrected chi connectivity index (χ2v) is 10.3. The molecule has 0 aliphatic heterocycles. The minimum atomic E-state index is -0.187. The van der Waals surface area contributed by atoms with Crippen molar-refractivity contribution in [2.75, 3.05) is 6.54 Å². The number of nitrogens with one attached hydrogen (secondary N) is 1. The Morgan fingerprint density at radius 2 is 1.68 bits per heavy atom. The molecule has 3 N–H and O–H groups in total. The van der Waals surface area contributed by atoms with E-state index in [4.69, 9.17) is 5.73 Å². The third-order valence-corrected chi connectivity index (χ3v) is 8.66. The molecule has 3 heteroatoms. The van der Waals surface area contributed by atoms with Crippen LogP contribution in [0, 0.1) is 23.2 Å². The minimum absolute atomic E-state index is 0.169. The Kier molecular flexibility index (Phi) is 4.42. The molecular formula is C25H34N2O. The summed E-state index contributed by atoms with van der Waals surface area (Å²) in [6.45, 7) is 5.25. The van der Waals surface area contributed by atoms with Gasteiger partial charge in [-0.1, -0.05) is 42.5 Å². The van der Waals surface area contributed by atoms with Gasteiger partial charge in [-0.15, -0.1) is 0 Å². The number of hydrogen-bond donors (Lipinski definition) is 2. The van der Waals surface area contributed by atoms with Gasteiger partial charge in [0.05, 0.1) is 5.41 Å². The molecule has 0 radical (unpaired) electrons. The molecule has 0 saturated heterocycles. The number of carbonyl (C=O) groups is 1. The van der Waals surface area contributed by atoms with Gasteiger partial charge in [0.25, 0.3) is 0 Å². The van der Waals surface area contributed by atoms with Crippen molar-refractivity contribution in [3.05, 3.63) is 48.0 Å². The molecule has 5 aliphatic rings. The molecule has 4 bridgehead atoms. The van der Waals surface area contributed by atoms with Crippen LogP contribution in [0.4, 0.5) is 0 Å². The maximum Gasteiger partial charge on any atom is 0.226 e. The summed E-state index contributed by atoms with van der Waals surface area (Å²) in [4.78, 5) is 13.6. The van der Waals surface area contributed by atoms with Gasteiger partial charge in [-0.25, -0.2) is 0 Å². The van der Waals surface area contributed by atoms with Gasteiger partial charge in [0.15, 0.2) is 0 Å². The first-order valence-corrected chi connectivity index (χ1v) is 11.3. The normalized spacial score (nSPS) is 41.8. The van der Waals surface area contributed by atoms with E-state index in [0.717, 1.165) is 51.5 Å². The number of amides is 1. The summed E-state index contributed by atoms with van der Waals surface area (Å²) in [6.07, 6.45) is 9.91. The molecule has 2 atom stereocenters. The lowest BCUT2D eigenvalue weighted by Gasteiger charge is -2.62. The zero-order valence-electron chi connectivity index (χ0n) is 17.0. The monoisotopic (exact) mass is 378 g/mol. The van der Waals surface area contributed by atoms with Crippen LogP contribution in [0.3, 0.4) is 0 Å². The predicted octanol–water partition coefficient (Wildman–Crippen LogP) is 4.32. The number of hydrogen-bond acceptors (Lipinski definition) is 2. The molecule has 28 heavy (non-hydrogen) atoms. The fourth-order valence-corrected chi connectivity index (χ4v) is 7.27. The first-order chi connectivity index (χ1) is 13.5. The molecule has 1 amide bonds. The molecular weight excluding hydrogens is 344 g/mol. The van der Waals surface area contributed by atoms with Crippen molar-refractivity contribution in [1.29, 1.82) is 0 Å². The second-order valence-electron chi connectivity index (χ2n) is 10.3. The number of rotatable bonds is 4. The maximum absolute atomic E-state index is 13.6. The molecule has 150 valence electrons. The van der Waals surface area contributed by atoms with E-state index in [0.29, 0.717) is 29.7 Å². The highest BCUT2D eigenvalue weighted by atomic mass is 16.2. The van der Waals surface area contributed by atoms with E-state index < -0.39 is 0 Å². The van der Waals surface area contributed by atoms with Gasteiger partial charge in [0.2, 0.25) is 5.91 Å². The van der Waals surface area contributed by atoms with E-state index >= 15 is 0 Å². The zero-order chi connectivity index (χ0) is 19.4. The van der Waals surface area contributed by atoms with Gasteiger partial charge in [-0.05, 0) is 93.1 Å². The summed E-state index contributed by atoms with van der Waals surface area (Å²) in [5.41, 5.74) is 8.69. The second kappa shape index (κ2) is 6.73. The molecule has 0 aromatic heterocycles. The quantitative estimate of drug-likeness (QED) is 0.767. The largest absolute Gasteiger partial charge is 0.353 e. The number of benzene rings is 1. The summed E-state index contributed by atoms with van der Waals surface area (Å²) < 4.78 is 0. The first kappa shape index (κ1) is 18.4. The Bertz CT molecular complexity index is 744. The van der Waals surface area contributed by atoms with Crippen LogP contribution in [-0.4, -0.2) is 18.5 Å². The highest BCUT2D eigenvalue weighted by molar-refractivity contribution is 5.84. The fraction of sp³-hybridized carbons (Fsp3) is 0.640. The highest BCUT2D eigenvalue weighted by Crippen LogP contribution is 2.67. The standard InChI is InChI=1S/C25H34N2O/c1-17-19-11-24(21-5-3-2-4-6-21)12-20(17)14-25(13-19,16-24)23(28)27-22-9-7-18(15-26)8-10-22/h2-6,18-20,22H,1,7-16,26H2,(H,27,28). The van der Waals surface area contributed by atoms with E-state index in [1.165, 1.54) is 24.0 Å². The van der Waals surface area contributed by atoms with Gasteiger partial charge in [-0.3, -0.25) is 4.79 Å². The van der Waals surface area contributed by atoms with E-state index in [1.54, 1.807) is 0 Å². The van der Waals surface area contributed by atoms with Crippen LogP contribution in [0.1, 0.15) is 63.4 Å². The fourth-order valence-electron chi connectivity index (χ4n) is 7.27. The van der Waals surface area contributed by atoms with Gasteiger partial charge >= 0.3 is 0 Å². The molecule has 1 aromatic rings. The molecule has 5 fully saturated rings. The molecule has 3 nitrogen and oxygen atoms in total. The molecule has 0 spiro atoms. The van der Waals surface area contributed by atoms with Crippen molar-refractivity contribution in [1.82, 2.24) is 5.32 Å². The van der Waals surface area contributed by atoms with Gasteiger partial charge in [0.1, 0.15) is 0 Å². The van der Waals surface area contributed by atoms with E-state index in [1.807, 2.05) is 0 Å². The van der Waals surface area contributed by atoms with Crippen molar-refractivity contribution in [3.8, 4) is 0 Å². The van der Waals surface area contributed by atoms with E-state index in [9.17, 15) is 4.79 Å². The predicted molar refractivity (Wildman–Crippen MR) is 113 cm³/mol. The Hall–Kier alpha value is -1.61. The Balaban J connectivity index is 1.39. The van der Waals surface area contributed by atoms with Crippen molar-refractivity contribution in [3.63, 3.8) is 0 Å². The Labute approximate surface area is 169 Å². The maximum atomic E-state index is 13.6. The molecule has 0 heterocycles. The molecule has 5 aliphatic carbocycles. The third kappa shape index (κ3) is 2.85. The third-order valence-electron chi connectivity index (χ3n) is 8.66. The number of carbonyl (C=O) groups excluding carboxylic acids is 1. The van der Waals surface area contributed by atoms with Crippen LogP contribution in [0.15, 0.2) is 42.5 Å². The lowest BCUT2D eigenvalue weighted by atomic mass is 9.41. The number of allylic oxidation sites excluding steroid dienone is 1. The van der Waals surface area contributed by atoms with E-state index in [-0.39, 0.29) is 10.8 Å².